The molecule has 194 valence electrons. The van der Waals surface area contributed by atoms with Gasteiger partial charge in [-0.2, -0.15) is 0 Å². The van der Waals surface area contributed by atoms with E-state index in [1.807, 2.05) is 0 Å². The summed E-state index contributed by atoms with van der Waals surface area (Å²) < 4.78 is 88.6. The molecule has 10 nitrogen and oxygen atoms in total. The number of halogens is 1. The molecule has 0 saturated heterocycles. The highest BCUT2D eigenvalue weighted by Gasteiger charge is 2.45. The average Bonchev–Trinajstić information content (AvgIpc) is 3.28. The Hall–Kier alpha value is -2.38. The molecule has 0 spiro atoms. The Labute approximate surface area is 223 Å². The van der Waals surface area contributed by atoms with Crippen LogP contribution in [0.1, 0.15) is 60.2 Å². The number of ether oxygens (including phenoxy) is 1. The molecular formula is C24H31FN6O4S. The number of hydrogen-bond donors (Lipinski definition) is 4. The summed E-state index contributed by atoms with van der Waals surface area (Å²) in [6.07, 6.45) is -5.90. The van der Waals surface area contributed by atoms with Crippen LogP contribution in [0.5, 0.6) is 0 Å². The van der Waals surface area contributed by atoms with Crippen molar-refractivity contribution in [1.82, 2.24) is 25.0 Å². The second-order valence-corrected chi connectivity index (χ2v) is 9.26. The number of anilines is 1. The molecule has 5 rings (SSSR count). The van der Waals surface area contributed by atoms with Crippen LogP contribution in [0.15, 0.2) is 23.3 Å². The van der Waals surface area contributed by atoms with Gasteiger partial charge in [0.1, 0.15) is 18.0 Å². The van der Waals surface area contributed by atoms with Crippen molar-refractivity contribution in [2.75, 3.05) is 24.2 Å². The third-order valence-corrected chi connectivity index (χ3v) is 6.74. The van der Waals surface area contributed by atoms with Crippen molar-refractivity contribution < 1.29 is 35.4 Å². The maximum atomic E-state index is 14.8. The van der Waals surface area contributed by atoms with E-state index < -0.39 is 77.9 Å². The van der Waals surface area contributed by atoms with Crippen LogP contribution in [0.3, 0.4) is 0 Å². The van der Waals surface area contributed by atoms with Gasteiger partial charge in [-0.1, -0.05) is 36.0 Å². The molecule has 4 N–H and O–H groups in total. The summed E-state index contributed by atoms with van der Waals surface area (Å²) >= 11 is 0.659. The molecule has 2 aliphatic rings. The maximum absolute atomic E-state index is 14.8. The highest BCUT2D eigenvalue weighted by Crippen LogP contribution is 2.44. The van der Waals surface area contributed by atoms with Gasteiger partial charge in [0.2, 0.25) is 0 Å². The van der Waals surface area contributed by atoms with E-state index in [0.717, 1.165) is 0 Å². The van der Waals surface area contributed by atoms with E-state index in [4.69, 9.17) is 20.8 Å². The van der Waals surface area contributed by atoms with Crippen molar-refractivity contribution >= 4 is 28.7 Å². The zero-order valence-corrected chi connectivity index (χ0v) is 20.3. The lowest BCUT2D eigenvalue weighted by atomic mass is 10.1. The van der Waals surface area contributed by atoms with Crippen LogP contribution in [0.2, 0.25) is 0 Å². The first-order valence-electron chi connectivity index (χ1n) is 15.4. The SMILES string of the molecule is [2H]c1c([2H])c([C@@]2([2H])[C@H](Nc3nc(SC([2H])([2H])CC)nc4c3nnn4[C@@H]3C[C@H](OCCO)[C@@H](O)[C@H]3O)C2([2H])[2H])c([2H])c(F)c1C. The summed E-state index contributed by atoms with van der Waals surface area (Å²) in [5.41, 5.74) is -2.75. The summed E-state index contributed by atoms with van der Waals surface area (Å²) in [6.45, 7) is 2.46. The monoisotopic (exact) mass is 526 g/mol. The van der Waals surface area contributed by atoms with Gasteiger partial charge in [-0.05, 0) is 36.9 Å². The average molecular weight is 527 g/mol. The number of fused-ring (bicyclic) bond motifs is 1. The normalized spacial score (nSPS) is 34.7. The number of nitrogens with zero attached hydrogens (tertiary/aromatic N) is 5. The number of aliphatic hydroxyl groups is 3. The molecule has 0 radical (unpaired) electrons. The predicted octanol–water partition coefficient (Wildman–Crippen LogP) is 2.18. The van der Waals surface area contributed by atoms with Crippen molar-refractivity contribution in [1.29, 1.82) is 0 Å². The van der Waals surface area contributed by atoms with E-state index in [-0.39, 0.29) is 53.8 Å². The van der Waals surface area contributed by atoms with Crippen LogP contribution < -0.4 is 5.32 Å². The molecule has 0 bridgehead atoms. The zero-order chi connectivity index (χ0) is 32.5. The molecule has 0 unspecified atom stereocenters. The maximum Gasteiger partial charge on any atom is 0.191 e. The van der Waals surface area contributed by atoms with Crippen LogP contribution in [-0.2, 0) is 4.74 Å². The van der Waals surface area contributed by atoms with Crippen LogP contribution in [0.4, 0.5) is 10.2 Å². The minimum atomic E-state index is -2.48. The Morgan fingerprint density at radius 3 is 3.00 bits per heavy atom. The van der Waals surface area contributed by atoms with Gasteiger partial charge in [-0.25, -0.2) is 19.0 Å². The number of benzene rings is 1. The Morgan fingerprint density at radius 2 is 2.22 bits per heavy atom. The molecule has 36 heavy (non-hydrogen) atoms. The molecule has 2 aliphatic carbocycles. The summed E-state index contributed by atoms with van der Waals surface area (Å²) in [4.78, 5) is 8.73. The van der Waals surface area contributed by atoms with Gasteiger partial charge in [0, 0.05) is 30.9 Å². The Bertz CT molecular complexity index is 1580. The molecule has 12 heteroatoms. The highest BCUT2D eigenvalue weighted by atomic mass is 32.2. The molecule has 0 aliphatic heterocycles. The summed E-state index contributed by atoms with van der Waals surface area (Å²) in [6, 6.07) is -4.48. The minimum Gasteiger partial charge on any atom is -0.394 e. The topological polar surface area (TPSA) is 138 Å². The first kappa shape index (κ1) is 17.2. The van der Waals surface area contributed by atoms with Crippen LogP contribution in [0.25, 0.3) is 11.2 Å². The van der Waals surface area contributed by atoms with Gasteiger partial charge in [-0.15, -0.1) is 5.10 Å². The quantitative estimate of drug-likeness (QED) is 0.230. The molecule has 6 atom stereocenters. The van der Waals surface area contributed by atoms with Crippen molar-refractivity contribution in [2.24, 2.45) is 0 Å². The molecule has 2 fully saturated rings. The van der Waals surface area contributed by atoms with E-state index in [1.165, 1.54) is 11.6 Å². The van der Waals surface area contributed by atoms with Crippen molar-refractivity contribution in [3.8, 4) is 0 Å². The summed E-state index contributed by atoms with van der Waals surface area (Å²) in [7, 11) is 0. The number of aromatic nitrogens is 5. The van der Waals surface area contributed by atoms with Crippen molar-refractivity contribution in [3.63, 3.8) is 0 Å². The lowest BCUT2D eigenvalue weighted by Gasteiger charge is -2.17. The van der Waals surface area contributed by atoms with Gasteiger partial charge < -0.3 is 25.4 Å². The van der Waals surface area contributed by atoms with E-state index >= 15 is 0 Å². The number of rotatable bonds is 10. The van der Waals surface area contributed by atoms with Crippen LogP contribution in [0, 0.1) is 12.7 Å². The predicted molar refractivity (Wildman–Crippen MR) is 133 cm³/mol. The van der Waals surface area contributed by atoms with Crippen LogP contribution in [-0.4, -0.2) is 83.6 Å². The summed E-state index contributed by atoms with van der Waals surface area (Å²) in [5, 5.41) is 41.2. The second-order valence-electron chi connectivity index (χ2n) is 8.40. The zero-order valence-electron chi connectivity index (χ0n) is 27.5. The Kier molecular flexibility index (Phi) is 5.03. The van der Waals surface area contributed by atoms with Gasteiger partial charge in [0.15, 0.2) is 22.1 Å². The molecular weight excluding hydrogens is 487 g/mol. The molecule has 2 aromatic heterocycles. The van der Waals surface area contributed by atoms with E-state index in [9.17, 15) is 14.6 Å². The fraction of sp³-hybridized carbons (Fsp3) is 0.583. The van der Waals surface area contributed by atoms with Gasteiger partial charge in [0.05, 0.1) is 29.5 Å². The smallest absolute Gasteiger partial charge is 0.191 e. The van der Waals surface area contributed by atoms with E-state index in [1.54, 1.807) is 6.92 Å². The summed E-state index contributed by atoms with van der Waals surface area (Å²) in [5.74, 6) is -3.68. The number of nitrogens with one attached hydrogen (secondary N) is 1. The van der Waals surface area contributed by atoms with Crippen molar-refractivity contribution in [3.05, 3.63) is 35.1 Å². The Balaban J connectivity index is 1.59. The van der Waals surface area contributed by atoms with Crippen LogP contribution >= 0.6 is 11.8 Å². The third kappa shape index (κ3) is 4.92. The molecule has 2 saturated carbocycles. The molecule has 3 aromatic rings. The fourth-order valence-corrected chi connectivity index (χ4v) is 4.59. The molecule has 1 aromatic carbocycles. The Morgan fingerprint density at radius 1 is 1.39 bits per heavy atom. The number of aliphatic hydroxyl groups excluding tert-OH is 3. The lowest BCUT2D eigenvalue weighted by molar-refractivity contribution is -0.0629. The number of thioether (sulfide) groups is 1. The molecule has 0 amide bonds. The fourth-order valence-electron chi connectivity index (χ4n) is 4.05. The first-order valence-corrected chi connectivity index (χ1v) is 12.3. The van der Waals surface area contributed by atoms with E-state index in [2.05, 4.69) is 25.6 Å². The highest BCUT2D eigenvalue weighted by molar-refractivity contribution is 7.99. The van der Waals surface area contributed by atoms with Gasteiger partial charge in [-0.3, -0.25) is 0 Å². The second kappa shape index (κ2) is 10.5. The lowest BCUT2D eigenvalue weighted by Crippen LogP contribution is -2.33. The third-order valence-electron chi connectivity index (χ3n) is 5.94. The number of hydrogen-bond acceptors (Lipinski definition) is 10. The largest absolute Gasteiger partial charge is 0.394 e. The molecule has 2 heterocycles. The standard InChI is InChI=1S/C24H31FN6O4S/c1-3-8-36-24-27-22(26-16-10-14(16)13-5-4-12(2)15(25)9-13)19-23(28-24)31(30-29-19)17-11-18(35-7-6-32)21(34)20(17)33/h4-5,9,14,16-18,20-21,32-34H,3,6-8,10-11H2,1-2H3,(H,26,27,28)/t14-,16+,17+,18-,20-,21+/m0/s1/i4D,5D,8D2,9D,10D2,14D. The van der Waals surface area contributed by atoms with Gasteiger partial charge >= 0.3 is 0 Å². The minimum absolute atomic E-state index is 0.00932. The first-order chi connectivity index (χ1) is 20.5. The van der Waals surface area contributed by atoms with E-state index in [0.29, 0.717) is 11.8 Å². The van der Waals surface area contributed by atoms with Gasteiger partial charge in [0.25, 0.3) is 0 Å². The van der Waals surface area contributed by atoms with Crippen molar-refractivity contribution in [2.45, 2.75) is 74.5 Å².